The van der Waals surface area contributed by atoms with Crippen molar-refractivity contribution in [3.63, 3.8) is 0 Å². The number of hydrogen-bond acceptors (Lipinski definition) is 6. The van der Waals surface area contributed by atoms with Gasteiger partial charge in [0.15, 0.2) is 0 Å². The molecule has 1 aliphatic carbocycles. The summed E-state index contributed by atoms with van der Waals surface area (Å²) in [5.74, 6) is 0.219. The second kappa shape index (κ2) is 8.22. The van der Waals surface area contributed by atoms with Gasteiger partial charge >= 0.3 is 6.18 Å². The molecule has 1 atom stereocenters. The van der Waals surface area contributed by atoms with Crippen LogP contribution in [0, 0.1) is 5.41 Å². The molecule has 2 aromatic heterocycles. The van der Waals surface area contributed by atoms with E-state index in [1.807, 2.05) is 29.7 Å². The van der Waals surface area contributed by atoms with E-state index < -0.39 is 11.7 Å². The summed E-state index contributed by atoms with van der Waals surface area (Å²) in [7, 11) is 0. The fourth-order valence-electron chi connectivity index (χ4n) is 4.62. The number of alkyl halides is 3. The molecular weight excluding hydrogens is 447 g/mol. The summed E-state index contributed by atoms with van der Waals surface area (Å²) in [5, 5.41) is 9.40. The third-order valence-electron chi connectivity index (χ3n) is 6.08. The van der Waals surface area contributed by atoms with E-state index in [0.717, 1.165) is 40.9 Å². The molecule has 1 aliphatic heterocycles. The number of halogens is 3. The van der Waals surface area contributed by atoms with Crippen LogP contribution in [0.2, 0.25) is 0 Å². The SMILES string of the molecule is CC1(C)CNC[C@@H](Nc2ncc(C(F)(F)F)c(C3=CCc4cc(-c5nccs5)ccc43)n2)C1. The number of benzene rings is 1. The van der Waals surface area contributed by atoms with Crippen LogP contribution in [0.5, 0.6) is 0 Å². The second-order valence-corrected chi connectivity index (χ2v) is 10.2. The Kier molecular flexibility index (Phi) is 5.49. The van der Waals surface area contributed by atoms with Crippen LogP contribution in [-0.2, 0) is 12.6 Å². The highest BCUT2D eigenvalue weighted by Gasteiger charge is 2.37. The number of piperidine rings is 1. The minimum Gasteiger partial charge on any atom is -0.350 e. The van der Waals surface area contributed by atoms with E-state index in [9.17, 15) is 13.2 Å². The number of nitrogens with zero attached hydrogens (tertiary/aromatic N) is 3. The summed E-state index contributed by atoms with van der Waals surface area (Å²) in [6.45, 7) is 5.94. The summed E-state index contributed by atoms with van der Waals surface area (Å²) in [4.78, 5) is 12.7. The molecule has 2 aliphatic rings. The molecule has 1 aromatic carbocycles. The number of anilines is 1. The molecular formula is C24H24F3N5S. The van der Waals surface area contributed by atoms with Gasteiger partial charge in [0.05, 0.1) is 5.69 Å². The predicted octanol–water partition coefficient (Wildman–Crippen LogP) is 5.41. The van der Waals surface area contributed by atoms with Gasteiger partial charge in [-0.1, -0.05) is 32.1 Å². The zero-order valence-electron chi connectivity index (χ0n) is 18.3. The van der Waals surface area contributed by atoms with Crippen molar-refractivity contribution in [3.05, 3.63) is 64.4 Å². The molecule has 0 spiro atoms. The van der Waals surface area contributed by atoms with Gasteiger partial charge in [0.2, 0.25) is 5.95 Å². The summed E-state index contributed by atoms with van der Waals surface area (Å²) in [6, 6.07) is 5.82. The van der Waals surface area contributed by atoms with Gasteiger partial charge in [-0.25, -0.2) is 15.0 Å². The first-order chi connectivity index (χ1) is 15.7. The minimum atomic E-state index is -4.55. The number of nitrogens with one attached hydrogen (secondary N) is 2. The summed E-state index contributed by atoms with van der Waals surface area (Å²) >= 11 is 1.53. The fourth-order valence-corrected chi connectivity index (χ4v) is 5.25. The quantitative estimate of drug-likeness (QED) is 0.533. The molecule has 5 rings (SSSR count). The van der Waals surface area contributed by atoms with Crippen LogP contribution < -0.4 is 10.6 Å². The largest absolute Gasteiger partial charge is 0.419 e. The van der Waals surface area contributed by atoms with Gasteiger partial charge in [-0.2, -0.15) is 13.2 Å². The zero-order valence-corrected chi connectivity index (χ0v) is 19.1. The zero-order chi connectivity index (χ0) is 23.2. The van der Waals surface area contributed by atoms with Crippen LogP contribution >= 0.6 is 11.3 Å². The molecule has 33 heavy (non-hydrogen) atoms. The van der Waals surface area contributed by atoms with E-state index in [4.69, 9.17) is 0 Å². The molecule has 3 heterocycles. The normalized spacial score (nSPS) is 19.8. The number of hydrogen-bond donors (Lipinski definition) is 2. The van der Waals surface area contributed by atoms with Gasteiger partial charge < -0.3 is 10.6 Å². The highest BCUT2D eigenvalue weighted by molar-refractivity contribution is 7.13. The van der Waals surface area contributed by atoms with Crippen molar-refractivity contribution in [1.29, 1.82) is 0 Å². The fraction of sp³-hybridized carbons (Fsp3) is 0.375. The van der Waals surface area contributed by atoms with Gasteiger partial charge in [0, 0.05) is 48.0 Å². The maximum absolute atomic E-state index is 13.9. The molecule has 1 fully saturated rings. The average molecular weight is 472 g/mol. The predicted molar refractivity (Wildman–Crippen MR) is 124 cm³/mol. The molecule has 2 N–H and O–H groups in total. The molecule has 0 bridgehead atoms. The first-order valence-electron chi connectivity index (χ1n) is 10.8. The van der Waals surface area contributed by atoms with Crippen molar-refractivity contribution in [1.82, 2.24) is 20.3 Å². The standard InChI is InChI=1S/C24H24F3N5S/c1-23(2)10-16(11-28-13-23)31-22-30-12-19(24(25,26)27)20(32-22)18-6-3-14-9-15(4-5-17(14)18)21-29-7-8-33-21/h4-9,12,16,28H,3,10-11,13H2,1-2H3,(H,30,31,32)/t16-/m0/s1. The maximum Gasteiger partial charge on any atom is 0.419 e. The Morgan fingerprint density at radius 1 is 1.21 bits per heavy atom. The number of thiazole rings is 1. The molecule has 0 saturated carbocycles. The van der Waals surface area contributed by atoms with E-state index in [-0.39, 0.29) is 23.1 Å². The third-order valence-corrected chi connectivity index (χ3v) is 6.90. The van der Waals surface area contributed by atoms with Crippen LogP contribution in [0.1, 0.15) is 42.7 Å². The summed E-state index contributed by atoms with van der Waals surface area (Å²) in [6.07, 6.45) is 1.34. The van der Waals surface area contributed by atoms with Crippen LogP contribution in [0.4, 0.5) is 19.1 Å². The third kappa shape index (κ3) is 4.52. The molecule has 0 amide bonds. The molecule has 1 saturated heterocycles. The van der Waals surface area contributed by atoms with Crippen LogP contribution in [0.25, 0.3) is 16.1 Å². The number of rotatable bonds is 4. The van der Waals surface area contributed by atoms with E-state index in [2.05, 4.69) is 39.4 Å². The first kappa shape index (κ1) is 22.0. The smallest absolute Gasteiger partial charge is 0.350 e. The Labute approximate surface area is 194 Å². The molecule has 3 aromatic rings. The van der Waals surface area contributed by atoms with Crippen LogP contribution in [0.3, 0.4) is 0 Å². The number of aromatic nitrogens is 3. The Morgan fingerprint density at radius 3 is 2.79 bits per heavy atom. The second-order valence-electron chi connectivity index (χ2n) is 9.33. The highest BCUT2D eigenvalue weighted by Crippen LogP contribution is 2.41. The van der Waals surface area contributed by atoms with Crippen LogP contribution in [-0.4, -0.2) is 34.1 Å². The van der Waals surface area contributed by atoms with Crippen molar-refractivity contribution in [3.8, 4) is 10.6 Å². The van der Waals surface area contributed by atoms with Crippen molar-refractivity contribution in [2.45, 2.75) is 38.9 Å². The lowest BCUT2D eigenvalue weighted by molar-refractivity contribution is -0.138. The van der Waals surface area contributed by atoms with Gasteiger partial charge in [0.25, 0.3) is 0 Å². The highest BCUT2D eigenvalue weighted by atomic mass is 32.1. The van der Waals surface area contributed by atoms with Crippen molar-refractivity contribution >= 4 is 22.9 Å². The van der Waals surface area contributed by atoms with E-state index >= 15 is 0 Å². The van der Waals surface area contributed by atoms with E-state index in [0.29, 0.717) is 18.5 Å². The Bertz CT molecular complexity index is 1200. The van der Waals surface area contributed by atoms with E-state index in [1.165, 1.54) is 11.3 Å². The molecule has 5 nitrogen and oxygen atoms in total. The monoisotopic (exact) mass is 471 g/mol. The topological polar surface area (TPSA) is 62.7 Å². The van der Waals surface area contributed by atoms with Gasteiger partial charge in [-0.3, -0.25) is 0 Å². The average Bonchev–Trinajstić information content (AvgIpc) is 3.42. The molecule has 0 unspecified atom stereocenters. The van der Waals surface area contributed by atoms with Crippen molar-refractivity contribution in [2.75, 3.05) is 18.4 Å². The van der Waals surface area contributed by atoms with Crippen molar-refractivity contribution < 1.29 is 13.2 Å². The van der Waals surface area contributed by atoms with E-state index in [1.54, 1.807) is 6.20 Å². The molecule has 172 valence electrons. The van der Waals surface area contributed by atoms with Crippen molar-refractivity contribution in [2.24, 2.45) is 5.41 Å². The minimum absolute atomic E-state index is 0.0454. The number of allylic oxidation sites excluding steroid dienone is 1. The maximum atomic E-state index is 13.9. The lowest BCUT2D eigenvalue weighted by atomic mass is 9.83. The first-order valence-corrected chi connectivity index (χ1v) is 11.7. The Hall–Kier alpha value is -2.78. The van der Waals surface area contributed by atoms with Gasteiger partial charge in [0.1, 0.15) is 10.6 Å². The lowest BCUT2D eigenvalue weighted by Gasteiger charge is -2.36. The van der Waals surface area contributed by atoms with Gasteiger partial charge in [-0.05, 0) is 35.4 Å². The van der Waals surface area contributed by atoms with Gasteiger partial charge in [-0.15, -0.1) is 11.3 Å². The molecule has 9 heteroatoms. The Morgan fingerprint density at radius 2 is 2.06 bits per heavy atom. The van der Waals surface area contributed by atoms with Crippen LogP contribution in [0.15, 0.2) is 42.0 Å². The lowest BCUT2D eigenvalue weighted by Crippen LogP contribution is -2.47. The summed E-state index contributed by atoms with van der Waals surface area (Å²) in [5.41, 5.74) is 2.39. The summed E-state index contributed by atoms with van der Waals surface area (Å²) < 4.78 is 41.6. The number of fused-ring (bicyclic) bond motifs is 1. The Balaban J connectivity index is 1.49. The molecule has 0 radical (unpaired) electrons.